The van der Waals surface area contributed by atoms with E-state index in [1.807, 2.05) is 6.92 Å². The van der Waals surface area contributed by atoms with Gasteiger partial charge in [-0.3, -0.25) is 4.79 Å². The maximum Gasteiger partial charge on any atom is 0.254 e. The third-order valence-corrected chi connectivity index (χ3v) is 4.66. The molecule has 0 atom stereocenters. The molecule has 0 spiro atoms. The predicted octanol–water partition coefficient (Wildman–Crippen LogP) is 0.231. The van der Waals surface area contributed by atoms with E-state index in [2.05, 4.69) is 10.3 Å². The van der Waals surface area contributed by atoms with Gasteiger partial charge in [0.15, 0.2) is 0 Å². The number of hydrogen-bond donors (Lipinski definition) is 1. The molecule has 1 fully saturated rings. The molecule has 0 aliphatic carbocycles. The van der Waals surface area contributed by atoms with E-state index in [-0.39, 0.29) is 5.91 Å². The fourth-order valence-corrected chi connectivity index (χ4v) is 3.07. The van der Waals surface area contributed by atoms with E-state index in [0.717, 1.165) is 6.54 Å². The zero-order valence-electron chi connectivity index (χ0n) is 12.2. The van der Waals surface area contributed by atoms with Gasteiger partial charge < -0.3 is 10.2 Å². The van der Waals surface area contributed by atoms with E-state index < -0.39 is 10.0 Å². The molecule has 8 heteroatoms. The van der Waals surface area contributed by atoms with Gasteiger partial charge in [0, 0.05) is 44.5 Å². The average Bonchev–Trinajstić information content (AvgIpc) is 2.46. The monoisotopic (exact) mass is 312 g/mol. The van der Waals surface area contributed by atoms with Crippen molar-refractivity contribution in [3.63, 3.8) is 0 Å². The Bertz CT molecular complexity index is 610. The number of hydrogen-bond acceptors (Lipinski definition) is 5. The third kappa shape index (κ3) is 3.92. The third-order valence-electron chi connectivity index (χ3n) is 3.36. The minimum absolute atomic E-state index is 0.0929. The minimum atomic E-state index is -3.18. The highest BCUT2D eigenvalue weighted by Gasteiger charge is 2.26. The fraction of sp³-hybridized carbons (Fsp3) is 0.538. The first-order valence-corrected chi connectivity index (χ1v) is 8.71. The highest BCUT2D eigenvalue weighted by atomic mass is 32.2. The van der Waals surface area contributed by atoms with Gasteiger partial charge in [0.25, 0.3) is 5.91 Å². The van der Waals surface area contributed by atoms with Crippen LogP contribution in [0.4, 0.5) is 5.82 Å². The summed E-state index contributed by atoms with van der Waals surface area (Å²) in [7, 11) is -3.18. The molecule has 1 aliphatic rings. The molecule has 0 radical (unpaired) electrons. The van der Waals surface area contributed by atoms with E-state index in [1.54, 1.807) is 23.2 Å². The maximum atomic E-state index is 12.4. The molecule has 1 aliphatic heterocycles. The molecule has 116 valence electrons. The molecule has 0 saturated carbocycles. The summed E-state index contributed by atoms with van der Waals surface area (Å²) in [6.07, 6.45) is 2.79. The number of nitrogens with one attached hydrogen (secondary N) is 1. The number of rotatable bonds is 4. The molecule has 7 nitrogen and oxygen atoms in total. The number of sulfonamides is 1. The first-order chi connectivity index (χ1) is 9.91. The normalized spacial score (nSPS) is 16.8. The molecule has 1 aromatic rings. The zero-order chi connectivity index (χ0) is 15.5. The molecule has 2 rings (SSSR count). The van der Waals surface area contributed by atoms with Crippen molar-refractivity contribution in [2.24, 2.45) is 0 Å². The molecule has 1 amide bonds. The van der Waals surface area contributed by atoms with Crippen molar-refractivity contribution in [2.45, 2.75) is 6.92 Å². The van der Waals surface area contributed by atoms with Gasteiger partial charge in [0.05, 0.1) is 6.26 Å². The van der Waals surface area contributed by atoms with Crippen LogP contribution in [0.15, 0.2) is 18.3 Å². The van der Waals surface area contributed by atoms with Gasteiger partial charge in [0.2, 0.25) is 10.0 Å². The maximum absolute atomic E-state index is 12.4. The molecule has 1 saturated heterocycles. The lowest BCUT2D eigenvalue weighted by Gasteiger charge is -2.33. The average molecular weight is 312 g/mol. The molecule has 0 unspecified atom stereocenters. The van der Waals surface area contributed by atoms with E-state index in [4.69, 9.17) is 0 Å². The summed E-state index contributed by atoms with van der Waals surface area (Å²) in [4.78, 5) is 18.2. The number of carbonyl (C=O) groups is 1. The summed E-state index contributed by atoms with van der Waals surface area (Å²) in [6.45, 7) is 4.19. The molecule has 21 heavy (non-hydrogen) atoms. The number of anilines is 1. The molecular formula is C13H20N4O3S. The second-order valence-electron chi connectivity index (χ2n) is 4.91. The summed E-state index contributed by atoms with van der Waals surface area (Å²) in [5.74, 6) is 0.572. The van der Waals surface area contributed by atoms with Crippen LogP contribution in [0.3, 0.4) is 0 Å². The summed E-state index contributed by atoms with van der Waals surface area (Å²) < 4.78 is 24.3. The van der Waals surface area contributed by atoms with Gasteiger partial charge >= 0.3 is 0 Å². The zero-order valence-corrected chi connectivity index (χ0v) is 13.1. The van der Waals surface area contributed by atoms with Crippen LogP contribution >= 0.6 is 0 Å². The summed E-state index contributed by atoms with van der Waals surface area (Å²) in [6, 6.07) is 3.39. The molecule has 0 aromatic carbocycles. The Morgan fingerprint density at radius 1 is 1.33 bits per heavy atom. The highest BCUT2D eigenvalue weighted by molar-refractivity contribution is 7.88. The first kappa shape index (κ1) is 15.7. The van der Waals surface area contributed by atoms with E-state index >= 15 is 0 Å². The van der Waals surface area contributed by atoms with Crippen LogP contribution in [0.25, 0.3) is 0 Å². The van der Waals surface area contributed by atoms with Gasteiger partial charge in [-0.2, -0.15) is 4.31 Å². The molecule has 0 bridgehead atoms. The van der Waals surface area contributed by atoms with Crippen molar-refractivity contribution in [3.8, 4) is 0 Å². The summed E-state index contributed by atoms with van der Waals surface area (Å²) >= 11 is 0. The fourth-order valence-electron chi connectivity index (χ4n) is 2.25. The van der Waals surface area contributed by atoms with Crippen molar-refractivity contribution in [3.05, 3.63) is 23.9 Å². The van der Waals surface area contributed by atoms with Crippen LogP contribution in [0.5, 0.6) is 0 Å². The van der Waals surface area contributed by atoms with Gasteiger partial charge in [0.1, 0.15) is 5.82 Å². The Labute approximate surface area is 125 Å². The smallest absolute Gasteiger partial charge is 0.254 e. The Balaban J connectivity index is 2.03. The van der Waals surface area contributed by atoms with Crippen molar-refractivity contribution in [1.29, 1.82) is 0 Å². The predicted molar refractivity (Wildman–Crippen MR) is 80.7 cm³/mol. The van der Waals surface area contributed by atoms with Crippen LogP contribution in [0.1, 0.15) is 17.3 Å². The van der Waals surface area contributed by atoms with E-state index in [9.17, 15) is 13.2 Å². The summed E-state index contributed by atoms with van der Waals surface area (Å²) in [5, 5.41) is 3.06. The molecule has 1 aromatic heterocycles. The summed E-state index contributed by atoms with van der Waals surface area (Å²) in [5.41, 5.74) is 0.564. The Kier molecular flexibility index (Phi) is 4.79. The topological polar surface area (TPSA) is 82.6 Å². The molecule has 1 N–H and O–H groups in total. The Morgan fingerprint density at radius 2 is 2.00 bits per heavy atom. The van der Waals surface area contributed by atoms with Gasteiger partial charge in [-0.05, 0) is 19.1 Å². The second-order valence-corrected chi connectivity index (χ2v) is 6.90. The number of nitrogens with zero attached hydrogens (tertiary/aromatic N) is 3. The largest absolute Gasteiger partial charge is 0.370 e. The number of piperazine rings is 1. The van der Waals surface area contributed by atoms with E-state index in [1.165, 1.54) is 10.6 Å². The quantitative estimate of drug-likeness (QED) is 0.860. The number of carbonyl (C=O) groups excluding carboxylic acids is 1. The van der Waals surface area contributed by atoms with Crippen molar-refractivity contribution < 1.29 is 13.2 Å². The first-order valence-electron chi connectivity index (χ1n) is 6.86. The van der Waals surface area contributed by atoms with Crippen molar-refractivity contribution >= 4 is 21.7 Å². The minimum Gasteiger partial charge on any atom is -0.370 e. The Morgan fingerprint density at radius 3 is 2.57 bits per heavy atom. The molecular weight excluding hydrogens is 292 g/mol. The van der Waals surface area contributed by atoms with Crippen LogP contribution in [0.2, 0.25) is 0 Å². The van der Waals surface area contributed by atoms with Crippen LogP contribution in [-0.2, 0) is 10.0 Å². The van der Waals surface area contributed by atoms with Crippen LogP contribution in [0, 0.1) is 0 Å². The van der Waals surface area contributed by atoms with Gasteiger partial charge in [-0.1, -0.05) is 0 Å². The standard InChI is InChI=1S/C13H20N4O3S/c1-3-14-12-10-11(4-5-15-12)13(18)16-6-8-17(9-7-16)21(2,19)20/h4-5,10H,3,6-9H2,1-2H3,(H,14,15). The lowest BCUT2D eigenvalue weighted by Crippen LogP contribution is -2.50. The number of aromatic nitrogens is 1. The number of amides is 1. The Hall–Kier alpha value is -1.67. The number of pyridine rings is 1. The van der Waals surface area contributed by atoms with Crippen LogP contribution < -0.4 is 5.32 Å². The lowest BCUT2D eigenvalue weighted by atomic mass is 10.2. The van der Waals surface area contributed by atoms with Crippen molar-refractivity contribution in [1.82, 2.24) is 14.2 Å². The van der Waals surface area contributed by atoms with Crippen LogP contribution in [-0.4, -0.2) is 67.5 Å². The second kappa shape index (κ2) is 6.40. The lowest BCUT2D eigenvalue weighted by molar-refractivity contribution is 0.0698. The highest BCUT2D eigenvalue weighted by Crippen LogP contribution is 2.13. The van der Waals surface area contributed by atoms with Gasteiger partial charge in [-0.25, -0.2) is 13.4 Å². The van der Waals surface area contributed by atoms with Gasteiger partial charge in [-0.15, -0.1) is 0 Å². The SMILES string of the molecule is CCNc1cc(C(=O)N2CCN(S(C)(=O)=O)CC2)ccn1. The van der Waals surface area contributed by atoms with E-state index in [0.29, 0.717) is 37.6 Å². The molecule has 2 heterocycles. The van der Waals surface area contributed by atoms with Crippen molar-refractivity contribution in [2.75, 3.05) is 44.3 Å².